The Morgan fingerprint density at radius 1 is 1.29 bits per heavy atom. The highest BCUT2D eigenvalue weighted by Crippen LogP contribution is 2.17. The second-order valence-corrected chi connectivity index (χ2v) is 6.18. The highest BCUT2D eigenvalue weighted by molar-refractivity contribution is 5.75. The Morgan fingerprint density at radius 3 is 2.79 bits per heavy atom. The quantitative estimate of drug-likeness (QED) is 0.767. The molecule has 24 heavy (non-hydrogen) atoms. The zero-order chi connectivity index (χ0) is 17.4. The Balaban J connectivity index is 1.88. The van der Waals surface area contributed by atoms with Gasteiger partial charge in [-0.1, -0.05) is 57.4 Å². The van der Waals surface area contributed by atoms with Crippen LogP contribution in [0.1, 0.15) is 45.1 Å². The van der Waals surface area contributed by atoms with E-state index >= 15 is 0 Å². The lowest BCUT2D eigenvalue weighted by atomic mass is 9.99. The lowest BCUT2D eigenvalue weighted by molar-refractivity contribution is -0.122. The first-order chi connectivity index (χ1) is 11.6. The molecule has 1 aromatic carbocycles. The van der Waals surface area contributed by atoms with Gasteiger partial charge in [0.15, 0.2) is 0 Å². The van der Waals surface area contributed by atoms with Crippen molar-refractivity contribution in [3.05, 3.63) is 29.8 Å². The van der Waals surface area contributed by atoms with E-state index in [2.05, 4.69) is 34.6 Å². The molecule has 1 amide bonds. The summed E-state index contributed by atoms with van der Waals surface area (Å²) >= 11 is 0. The van der Waals surface area contributed by atoms with Crippen LogP contribution in [0.25, 0.3) is 11.4 Å². The van der Waals surface area contributed by atoms with Crippen LogP contribution in [0, 0.1) is 12.8 Å². The molecule has 0 aliphatic heterocycles. The van der Waals surface area contributed by atoms with Crippen molar-refractivity contribution in [3.8, 4) is 11.4 Å². The van der Waals surface area contributed by atoms with E-state index in [1.807, 2.05) is 31.2 Å². The molecular formula is C18H27N5O. The summed E-state index contributed by atoms with van der Waals surface area (Å²) < 4.78 is 0. The summed E-state index contributed by atoms with van der Waals surface area (Å²) in [7, 11) is 0. The summed E-state index contributed by atoms with van der Waals surface area (Å²) in [6, 6.07) is 7.87. The molecule has 0 spiro atoms. The average molecular weight is 329 g/mol. The number of benzene rings is 1. The molecule has 0 unspecified atom stereocenters. The predicted octanol–water partition coefficient (Wildman–Crippen LogP) is 2.98. The summed E-state index contributed by atoms with van der Waals surface area (Å²) in [5.41, 5.74) is 2.03. The van der Waals surface area contributed by atoms with Crippen LogP contribution in [0.5, 0.6) is 0 Å². The summed E-state index contributed by atoms with van der Waals surface area (Å²) in [6.07, 6.45) is 4.64. The number of hydrogen-bond donors (Lipinski definition) is 1. The van der Waals surface area contributed by atoms with Crippen molar-refractivity contribution in [2.75, 3.05) is 6.54 Å². The molecule has 1 aromatic heterocycles. The lowest BCUT2D eigenvalue weighted by Crippen LogP contribution is -2.32. The van der Waals surface area contributed by atoms with Gasteiger partial charge in [0.1, 0.15) is 6.54 Å². The maximum Gasteiger partial charge on any atom is 0.243 e. The average Bonchev–Trinajstić information content (AvgIpc) is 3.03. The van der Waals surface area contributed by atoms with Gasteiger partial charge in [-0.2, -0.15) is 4.80 Å². The molecule has 2 rings (SSSR count). The van der Waals surface area contributed by atoms with Crippen LogP contribution in [-0.2, 0) is 11.3 Å². The first-order valence-electron chi connectivity index (χ1n) is 8.74. The van der Waals surface area contributed by atoms with Crippen molar-refractivity contribution in [2.24, 2.45) is 5.92 Å². The number of hydrogen-bond acceptors (Lipinski definition) is 4. The van der Waals surface area contributed by atoms with Crippen molar-refractivity contribution in [3.63, 3.8) is 0 Å². The number of amides is 1. The van der Waals surface area contributed by atoms with E-state index in [-0.39, 0.29) is 12.5 Å². The van der Waals surface area contributed by atoms with E-state index in [9.17, 15) is 4.79 Å². The van der Waals surface area contributed by atoms with Crippen molar-refractivity contribution in [2.45, 2.75) is 53.0 Å². The molecule has 0 saturated heterocycles. The number of aryl methyl sites for hydroxylation is 1. The van der Waals surface area contributed by atoms with Crippen LogP contribution in [-0.4, -0.2) is 32.7 Å². The van der Waals surface area contributed by atoms with Crippen molar-refractivity contribution >= 4 is 5.91 Å². The Bertz CT molecular complexity index is 652. The molecule has 6 heteroatoms. The molecule has 6 nitrogen and oxygen atoms in total. The van der Waals surface area contributed by atoms with E-state index < -0.39 is 0 Å². The zero-order valence-corrected chi connectivity index (χ0v) is 14.8. The van der Waals surface area contributed by atoms with Crippen LogP contribution in [0.2, 0.25) is 0 Å². The van der Waals surface area contributed by atoms with Gasteiger partial charge < -0.3 is 5.32 Å². The van der Waals surface area contributed by atoms with Gasteiger partial charge in [0, 0.05) is 12.1 Å². The molecule has 0 radical (unpaired) electrons. The largest absolute Gasteiger partial charge is 0.354 e. The number of nitrogens with one attached hydrogen (secondary N) is 1. The summed E-state index contributed by atoms with van der Waals surface area (Å²) in [6.45, 7) is 7.18. The molecule has 2 aromatic rings. The second-order valence-electron chi connectivity index (χ2n) is 6.18. The highest BCUT2D eigenvalue weighted by Gasteiger charge is 2.12. The third-order valence-electron chi connectivity index (χ3n) is 4.26. The smallest absolute Gasteiger partial charge is 0.243 e. The normalized spacial score (nSPS) is 12.1. The van der Waals surface area contributed by atoms with Crippen molar-refractivity contribution in [1.82, 2.24) is 25.5 Å². The van der Waals surface area contributed by atoms with Gasteiger partial charge in [-0.15, -0.1) is 10.2 Å². The van der Waals surface area contributed by atoms with Crippen LogP contribution < -0.4 is 5.32 Å². The number of rotatable bonds is 9. The van der Waals surface area contributed by atoms with Crippen LogP contribution in [0.4, 0.5) is 0 Å². The summed E-state index contributed by atoms with van der Waals surface area (Å²) in [5.74, 6) is 1.02. The van der Waals surface area contributed by atoms with E-state index in [0.717, 1.165) is 24.0 Å². The molecule has 1 atom stereocenters. The Morgan fingerprint density at radius 2 is 2.08 bits per heavy atom. The fourth-order valence-corrected chi connectivity index (χ4v) is 2.63. The molecule has 0 fully saturated rings. The first kappa shape index (κ1) is 18.1. The third-order valence-corrected chi connectivity index (χ3v) is 4.26. The predicted molar refractivity (Wildman–Crippen MR) is 94.3 cm³/mol. The van der Waals surface area contributed by atoms with Gasteiger partial charge in [-0.25, -0.2) is 0 Å². The number of carbonyl (C=O) groups excluding carboxylic acids is 1. The standard InChI is InChI=1S/C18H27N5O/c1-4-6-10-15(5-2)12-19-17(24)13-23-21-18(20-22-23)16-11-8-7-9-14(16)3/h7-9,11,15H,4-6,10,12-13H2,1-3H3,(H,19,24)/t15-/m1/s1. The Labute approximate surface area is 143 Å². The summed E-state index contributed by atoms with van der Waals surface area (Å²) in [5, 5.41) is 15.3. The fourth-order valence-electron chi connectivity index (χ4n) is 2.63. The highest BCUT2D eigenvalue weighted by atomic mass is 16.2. The molecule has 0 bridgehead atoms. The van der Waals surface area contributed by atoms with E-state index in [1.165, 1.54) is 17.6 Å². The zero-order valence-electron chi connectivity index (χ0n) is 14.8. The molecule has 0 aliphatic rings. The third kappa shape index (κ3) is 5.15. The number of carbonyl (C=O) groups is 1. The molecule has 1 heterocycles. The van der Waals surface area contributed by atoms with E-state index in [4.69, 9.17) is 0 Å². The van der Waals surface area contributed by atoms with Gasteiger partial charge in [0.2, 0.25) is 11.7 Å². The second kappa shape index (κ2) is 9.15. The number of aromatic nitrogens is 4. The van der Waals surface area contributed by atoms with Gasteiger partial charge in [0.05, 0.1) is 0 Å². The maximum atomic E-state index is 12.1. The maximum absolute atomic E-state index is 12.1. The Kier molecular flexibility index (Phi) is 6.90. The monoisotopic (exact) mass is 329 g/mol. The number of unbranched alkanes of at least 4 members (excludes halogenated alkanes) is 1. The molecule has 130 valence electrons. The molecule has 0 saturated carbocycles. The van der Waals surface area contributed by atoms with Crippen LogP contribution >= 0.6 is 0 Å². The van der Waals surface area contributed by atoms with Crippen LogP contribution in [0.15, 0.2) is 24.3 Å². The molecular weight excluding hydrogens is 302 g/mol. The fraction of sp³-hybridized carbons (Fsp3) is 0.556. The van der Waals surface area contributed by atoms with E-state index in [0.29, 0.717) is 18.3 Å². The minimum atomic E-state index is -0.0707. The summed E-state index contributed by atoms with van der Waals surface area (Å²) in [4.78, 5) is 13.4. The van der Waals surface area contributed by atoms with Gasteiger partial charge >= 0.3 is 0 Å². The van der Waals surface area contributed by atoms with Crippen LogP contribution in [0.3, 0.4) is 0 Å². The molecule has 1 N–H and O–H groups in total. The van der Waals surface area contributed by atoms with Gasteiger partial charge in [0.25, 0.3) is 0 Å². The minimum absolute atomic E-state index is 0.0707. The SMILES string of the molecule is CCCC[C@@H](CC)CNC(=O)Cn1nnc(-c2ccccc2C)n1. The number of nitrogens with zero attached hydrogens (tertiary/aromatic N) is 4. The number of tetrazole rings is 1. The Hall–Kier alpha value is -2.24. The minimum Gasteiger partial charge on any atom is -0.354 e. The van der Waals surface area contributed by atoms with Crippen molar-refractivity contribution in [1.29, 1.82) is 0 Å². The van der Waals surface area contributed by atoms with E-state index in [1.54, 1.807) is 0 Å². The van der Waals surface area contributed by atoms with Crippen molar-refractivity contribution < 1.29 is 4.79 Å². The van der Waals surface area contributed by atoms with Gasteiger partial charge in [-0.3, -0.25) is 4.79 Å². The van der Waals surface area contributed by atoms with Gasteiger partial charge in [-0.05, 0) is 30.0 Å². The first-order valence-corrected chi connectivity index (χ1v) is 8.74. The lowest BCUT2D eigenvalue weighted by Gasteiger charge is -2.14. The topological polar surface area (TPSA) is 72.7 Å². The molecule has 0 aliphatic carbocycles.